The van der Waals surface area contributed by atoms with Gasteiger partial charge < -0.3 is 24.4 Å². The van der Waals surface area contributed by atoms with Crippen molar-refractivity contribution in [1.82, 2.24) is 0 Å². The first-order valence-electron chi connectivity index (χ1n) is 11.2. The summed E-state index contributed by atoms with van der Waals surface area (Å²) in [6.07, 6.45) is 11.6. The second-order valence-corrected chi connectivity index (χ2v) is 7.39. The highest BCUT2D eigenvalue weighted by Gasteiger charge is 2.04. The molecule has 0 aliphatic rings. The molecule has 172 valence electrons. The van der Waals surface area contributed by atoms with Crippen molar-refractivity contribution >= 4 is 0 Å². The summed E-state index contributed by atoms with van der Waals surface area (Å²) >= 11 is 0. The fraction of sp³-hybridized carbons (Fsp3) is 0.583. The van der Waals surface area contributed by atoms with E-state index in [1.165, 1.54) is 11.1 Å². The van der Waals surface area contributed by atoms with Crippen LogP contribution in [-0.4, -0.2) is 63.1 Å². The van der Waals surface area contributed by atoms with E-state index in [1.807, 2.05) is 24.5 Å². The highest BCUT2D eigenvalue weighted by Crippen LogP contribution is 1.99. The van der Waals surface area contributed by atoms with Crippen molar-refractivity contribution in [2.24, 2.45) is 0 Å². The van der Waals surface area contributed by atoms with Crippen LogP contribution in [0.3, 0.4) is 0 Å². The predicted octanol–water partition coefficient (Wildman–Crippen LogP) is 0.861. The quantitative estimate of drug-likeness (QED) is 0.269. The van der Waals surface area contributed by atoms with E-state index in [4.69, 9.17) is 24.4 Å². The molecule has 31 heavy (non-hydrogen) atoms. The zero-order valence-corrected chi connectivity index (χ0v) is 18.5. The van der Waals surface area contributed by atoms with E-state index in [9.17, 15) is 0 Å². The maximum atomic E-state index is 8.93. The molecule has 0 aromatic carbocycles. The van der Waals surface area contributed by atoms with Crippen molar-refractivity contribution in [3.05, 3.63) is 60.2 Å². The van der Waals surface area contributed by atoms with Crippen LogP contribution in [0.15, 0.2) is 49.1 Å². The lowest BCUT2D eigenvalue weighted by Gasteiger charge is -2.06. The van der Waals surface area contributed by atoms with Gasteiger partial charge in [0.1, 0.15) is 13.2 Å². The van der Waals surface area contributed by atoms with E-state index < -0.39 is 0 Å². The van der Waals surface area contributed by atoms with Gasteiger partial charge in [-0.3, -0.25) is 0 Å². The average molecular weight is 435 g/mol. The van der Waals surface area contributed by atoms with Crippen LogP contribution in [0.1, 0.15) is 24.0 Å². The molecule has 2 heterocycles. The van der Waals surface area contributed by atoms with Crippen LogP contribution < -0.4 is 9.13 Å². The first-order chi connectivity index (χ1) is 15.3. The Morgan fingerprint density at radius 2 is 1.03 bits per heavy atom. The maximum Gasteiger partial charge on any atom is 0.172 e. The Hall–Kier alpha value is -1.90. The average Bonchev–Trinajstić information content (AvgIpc) is 2.80. The highest BCUT2D eigenvalue weighted by molar-refractivity contribution is 5.05. The minimum absolute atomic E-state index is 0.224. The van der Waals surface area contributed by atoms with E-state index in [1.54, 1.807) is 0 Å². The summed E-state index contributed by atoms with van der Waals surface area (Å²) in [4.78, 5) is 0. The molecular weight excluding hydrogens is 396 g/mol. The third-order valence-corrected chi connectivity index (χ3v) is 4.82. The molecule has 0 saturated heterocycles. The van der Waals surface area contributed by atoms with E-state index >= 15 is 0 Å². The first-order valence-corrected chi connectivity index (χ1v) is 11.2. The highest BCUT2D eigenvalue weighted by atomic mass is 16.5. The second-order valence-electron chi connectivity index (χ2n) is 7.39. The van der Waals surface area contributed by atoms with Gasteiger partial charge in [-0.1, -0.05) is 0 Å². The third-order valence-electron chi connectivity index (χ3n) is 4.82. The van der Waals surface area contributed by atoms with Gasteiger partial charge in [-0.25, -0.2) is 9.13 Å². The molecule has 0 amide bonds. The molecule has 7 heteroatoms. The number of hydrogen-bond donors (Lipinski definition) is 2. The fourth-order valence-corrected chi connectivity index (χ4v) is 3.17. The molecule has 7 nitrogen and oxygen atoms in total. The van der Waals surface area contributed by atoms with Gasteiger partial charge in [0.2, 0.25) is 0 Å². The molecule has 2 aromatic rings. The van der Waals surface area contributed by atoms with Crippen molar-refractivity contribution in [1.29, 1.82) is 0 Å². The van der Waals surface area contributed by atoms with Crippen LogP contribution in [-0.2, 0) is 40.1 Å². The van der Waals surface area contributed by atoms with Crippen LogP contribution in [0, 0.1) is 0 Å². The summed E-state index contributed by atoms with van der Waals surface area (Å²) < 4.78 is 21.1. The molecule has 2 N–H and O–H groups in total. The first kappa shape index (κ1) is 25.4. The molecule has 0 fully saturated rings. The Morgan fingerprint density at radius 3 is 1.45 bits per heavy atom. The summed E-state index contributed by atoms with van der Waals surface area (Å²) in [7, 11) is 0. The van der Waals surface area contributed by atoms with E-state index in [2.05, 4.69) is 33.7 Å². The predicted molar refractivity (Wildman–Crippen MR) is 117 cm³/mol. The topological polar surface area (TPSA) is 75.9 Å². The summed E-state index contributed by atoms with van der Waals surface area (Å²) in [6, 6.07) is 8.22. The summed E-state index contributed by atoms with van der Waals surface area (Å²) in [5.74, 6) is 0. The van der Waals surface area contributed by atoms with Crippen LogP contribution in [0.25, 0.3) is 0 Å². The standard InChI is InChI=1S/C24H38N2O5/c27-13-3-7-23-5-1-9-25(21-23)11-15-29-17-19-31-20-18-30-16-12-26-10-2-6-24(22-26)8-4-14-28/h1-2,5-6,9-10,21-22,27-28H,3-4,7-8,11-20H2/q+2. The van der Waals surface area contributed by atoms with Crippen molar-refractivity contribution < 1.29 is 33.6 Å². The zero-order chi connectivity index (χ0) is 22.0. The number of aliphatic hydroxyl groups excluding tert-OH is 2. The Bertz CT molecular complexity index is 654. The van der Waals surface area contributed by atoms with Crippen molar-refractivity contribution in [3.8, 4) is 0 Å². The van der Waals surface area contributed by atoms with Crippen LogP contribution in [0.5, 0.6) is 0 Å². The third kappa shape index (κ3) is 11.9. The van der Waals surface area contributed by atoms with Gasteiger partial charge in [-0.05, 0) is 37.8 Å². The van der Waals surface area contributed by atoms with Gasteiger partial charge in [0.15, 0.2) is 37.9 Å². The maximum absolute atomic E-state index is 8.93. The summed E-state index contributed by atoms with van der Waals surface area (Å²) in [5, 5.41) is 17.9. The molecule has 2 rings (SSSR count). The largest absolute Gasteiger partial charge is 0.396 e. The Kier molecular flexibility index (Phi) is 13.7. The SMILES string of the molecule is OCCCc1ccc[n+](CCOCCOCCOCC[n+]2cccc(CCCO)c2)c1. The van der Waals surface area contributed by atoms with Gasteiger partial charge in [0.05, 0.1) is 26.4 Å². The van der Waals surface area contributed by atoms with Crippen molar-refractivity contribution in [3.63, 3.8) is 0 Å². The molecule has 0 aliphatic heterocycles. The zero-order valence-electron chi connectivity index (χ0n) is 18.5. The molecule has 0 spiro atoms. The van der Waals surface area contributed by atoms with Crippen molar-refractivity contribution in [2.75, 3.05) is 52.9 Å². The lowest BCUT2D eigenvalue weighted by atomic mass is 10.2. The Labute approximate surface area is 185 Å². The monoisotopic (exact) mass is 434 g/mol. The summed E-state index contributed by atoms with van der Waals surface area (Å²) in [6.45, 7) is 5.60. The minimum Gasteiger partial charge on any atom is -0.396 e. The lowest BCUT2D eigenvalue weighted by molar-refractivity contribution is -0.698. The number of aliphatic hydroxyl groups is 2. The van der Waals surface area contributed by atoms with E-state index in [0.717, 1.165) is 38.8 Å². The van der Waals surface area contributed by atoms with Gasteiger partial charge in [0, 0.05) is 36.5 Å². The van der Waals surface area contributed by atoms with Gasteiger partial charge in [-0.15, -0.1) is 0 Å². The number of nitrogens with zero attached hydrogens (tertiary/aromatic N) is 2. The molecule has 0 unspecified atom stereocenters. The fourth-order valence-electron chi connectivity index (χ4n) is 3.17. The van der Waals surface area contributed by atoms with Gasteiger partial charge >= 0.3 is 0 Å². The number of pyridine rings is 2. The van der Waals surface area contributed by atoms with Crippen LogP contribution in [0.2, 0.25) is 0 Å². The molecule has 2 aromatic heterocycles. The smallest absolute Gasteiger partial charge is 0.172 e. The summed E-state index contributed by atoms with van der Waals surface area (Å²) in [5.41, 5.74) is 2.46. The van der Waals surface area contributed by atoms with Crippen LogP contribution >= 0.6 is 0 Å². The number of rotatable bonds is 18. The molecule has 0 atom stereocenters. The lowest BCUT2D eigenvalue weighted by Crippen LogP contribution is -2.36. The number of aryl methyl sites for hydroxylation is 2. The number of ether oxygens (including phenoxy) is 3. The molecule has 0 radical (unpaired) electrons. The van der Waals surface area contributed by atoms with Gasteiger partial charge in [-0.2, -0.15) is 0 Å². The van der Waals surface area contributed by atoms with E-state index in [0.29, 0.717) is 39.6 Å². The molecule has 0 bridgehead atoms. The second kappa shape index (κ2) is 16.8. The Morgan fingerprint density at radius 1 is 0.613 bits per heavy atom. The normalized spacial score (nSPS) is 11.2. The van der Waals surface area contributed by atoms with Crippen LogP contribution in [0.4, 0.5) is 0 Å². The number of hydrogen-bond acceptors (Lipinski definition) is 5. The number of aromatic nitrogens is 2. The minimum atomic E-state index is 0.224. The van der Waals surface area contributed by atoms with E-state index in [-0.39, 0.29) is 13.2 Å². The molecule has 0 saturated carbocycles. The Balaban J connectivity index is 1.43. The van der Waals surface area contributed by atoms with Crippen molar-refractivity contribution in [2.45, 2.75) is 38.8 Å². The molecule has 0 aliphatic carbocycles. The van der Waals surface area contributed by atoms with Gasteiger partial charge in [0.25, 0.3) is 0 Å². The molecular formula is C24H38N2O5+2.